The van der Waals surface area contributed by atoms with E-state index in [0.29, 0.717) is 22.8 Å². The van der Waals surface area contributed by atoms with Gasteiger partial charge in [0.2, 0.25) is 6.79 Å². The topological polar surface area (TPSA) is 81.5 Å². The minimum Gasteiger partial charge on any atom is -0.454 e. The van der Waals surface area contributed by atoms with Gasteiger partial charge in [-0.2, -0.15) is 14.7 Å². The summed E-state index contributed by atoms with van der Waals surface area (Å²) in [4.78, 5) is 11.9. The standard InChI is InChI=1S/C16H10N4O3/c21-16-18-17-15-11-4-2-1-3-10(11)14(19-20(15)16)9-5-6-12-13(7-9)23-8-22-12/h1-7H,8H2,(H,18,21). The number of H-pyrrole nitrogens is 1. The van der Waals surface area contributed by atoms with E-state index in [2.05, 4.69) is 15.3 Å². The predicted octanol–water partition coefficient (Wildman–Crippen LogP) is 1.97. The Bertz CT molecular complexity index is 1130. The van der Waals surface area contributed by atoms with E-state index in [0.717, 1.165) is 16.3 Å². The summed E-state index contributed by atoms with van der Waals surface area (Å²) in [5.74, 6) is 1.38. The number of rotatable bonds is 1. The van der Waals surface area contributed by atoms with Gasteiger partial charge in [-0.3, -0.25) is 0 Å². The summed E-state index contributed by atoms with van der Waals surface area (Å²) in [7, 11) is 0. The summed E-state index contributed by atoms with van der Waals surface area (Å²) in [6.45, 7) is 0.215. The summed E-state index contributed by atoms with van der Waals surface area (Å²) in [6, 6.07) is 13.3. The van der Waals surface area contributed by atoms with E-state index < -0.39 is 0 Å². The maximum Gasteiger partial charge on any atom is 0.364 e. The molecule has 1 aliphatic rings. The van der Waals surface area contributed by atoms with Crippen molar-refractivity contribution in [2.45, 2.75) is 0 Å². The van der Waals surface area contributed by atoms with E-state index >= 15 is 0 Å². The molecule has 0 fully saturated rings. The first-order valence-electron chi connectivity index (χ1n) is 7.07. The summed E-state index contributed by atoms with van der Waals surface area (Å²) in [5.41, 5.74) is 1.68. The van der Waals surface area contributed by atoms with Gasteiger partial charge in [0.1, 0.15) is 0 Å². The van der Waals surface area contributed by atoms with E-state index in [1.165, 1.54) is 4.52 Å². The number of ether oxygens (including phenoxy) is 2. The molecule has 23 heavy (non-hydrogen) atoms. The van der Waals surface area contributed by atoms with E-state index in [1.54, 1.807) is 0 Å². The van der Waals surface area contributed by atoms with E-state index in [4.69, 9.17) is 9.47 Å². The smallest absolute Gasteiger partial charge is 0.364 e. The van der Waals surface area contributed by atoms with Gasteiger partial charge in [0.25, 0.3) is 0 Å². The van der Waals surface area contributed by atoms with Crippen molar-refractivity contribution < 1.29 is 9.47 Å². The molecule has 0 saturated heterocycles. The van der Waals surface area contributed by atoms with Crippen molar-refractivity contribution in [3.63, 3.8) is 0 Å². The Hall–Kier alpha value is -3.35. The number of hydrogen-bond donors (Lipinski definition) is 1. The van der Waals surface area contributed by atoms with Crippen molar-refractivity contribution in [1.29, 1.82) is 0 Å². The van der Waals surface area contributed by atoms with Gasteiger partial charge in [0, 0.05) is 16.3 Å². The molecule has 0 atom stereocenters. The van der Waals surface area contributed by atoms with Gasteiger partial charge in [-0.25, -0.2) is 9.89 Å². The molecular weight excluding hydrogens is 296 g/mol. The molecule has 0 unspecified atom stereocenters. The molecule has 0 amide bonds. The van der Waals surface area contributed by atoms with Crippen LogP contribution in [0, 0.1) is 0 Å². The fourth-order valence-electron chi connectivity index (χ4n) is 2.85. The summed E-state index contributed by atoms with van der Waals surface area (Å²) < 4.78 is 12.1. The Morgan fingerprint density at radius 3 is 2.78 bits per heavy atom. The molecule has 0 radical (unpaired) electrons. The minimum absolute atomic E-state index is 0.215. The maximum absolute atomic E-state index is 11.9. The van der Waals surface area contributed by atoms with Crippen LogP contribution in [0.5, 0.6) is 11.5 Å². The molecule has 0 bridgehead atoms. The highest BCUT2D eigenvalue weighted by atomic mass is 16.7. The lowest BCUT2D eigenvalue weighted by Gasteiger charge is -2.07. The van der Waals surface area contributed by atoms with Crippen LogP contribution in [-0.4, -0.2) is 26.6 Å². The Labute approximate surface area is 129 Å². The highest BCUT2D eigenvalue weighted by Gasteiger charge is 2.17. The maximum atomic E-state index is 11.9. The molecule has 0 saturated carbocycles. The highest BCUT2D eigenvalue weighted by Crippen LogP contribution is 2.37. The quantitative estimate of drug-likeness (QED) is 0.581. The van der Waals surface area contributed by atoms with Crippen LogP contribution in [0.25, 0.3) is 27.7 Å². The van der Waals surface area contributed by atoms with Crippen LogP contribution in [0.2, 0.25) is 0 Å². The molecule has 1 aliphatic heterocycles. The van der Waals surface area contributed by atoms with Gasteiger partial charge in [0.05, 0.1) is 5.69 Å². The van der Waals surface area contributed by atoms with Crippen molar-refractivity contribution in [3.05, 3.63) is 52.9 Å². The number of nitrogens with zero attached hydrogens (tertiary/aromatic N) is 3. The van der Waals surface area contributed by atoms with Crippen LogP contribution in [-0.2, 0) is 0 Å². The Morgan fingerprint density at radius 2 is 1.87 bits per heavy atom. The number of benzene rings is 2. The van der Waals surface area contributed by atoms with E-state index in [1.807, 2.05) is 42.5 Å². The van der Waals surface area contributed by atoms with Gasteiger partial charge in [-0.15, -0.1) is 0 Å². The first kappa shape index (κ1) is 12.2. The molecule has 7 heteroatoms. The molecule has 0 aliphatic carbocycles. The zero-order valence-corrected chi connectivity index (χ0v) is 11.8. The van der Waals surface area contributed by atoms with Crippen LogP contribution in [0.4, 0.5) is 0 Å². The van der Waals surface area contributed by atoms with E-state index in [-0.39, 0.29) is 12.5 Å². The molecule has 1 N–H and O–H groups in total. The van der Waals surface area contributed by atoms with Crippen LogP contribution in [0.3, 0.4) is 0 Å². The van der Waals surface area contributed by atoms with Crippen LogP contribution in [0.15, 0.2) is 47.3 Å². The number of aromatic nitrogens is 4. The Kier molecular flexibility index (Phi) is 2.30. The molecule has 7 nitrogen and oxygen atoms in total. The zero-order chi connectivity index (χ0) is 15.4. The second-order valence-electron chi connectivity index (χ2n) is 5.23. The molecule has 112 valence electrons. The van der Waals surface area contributed by atoms with Gasteiger partial charge in [0.15, 0.2) is 17.1 Å². The second kappa shape index (κ2) is 4.33. The normalized spacial score (nSPS) is 13.0. The van der Waals surface area contributed by atoms with Crippen molar-refractivity contribution in [1.82, 2.24) is 19.8 Å². The SMILES string of the molecule is O=c1[nH]nc2c3ccccc3c(-c3ccc4c(c3)OCO4)nn12. The monoisotopic (exact) mass is 306 g/mol. The first-order chi connectivity index (χ1) is 11.3. The van der Waals surface area contributed by atoms with E-state index in [9.17, 15) is 4.79 Å². The molecule has 2 aromatic carbocycles. The number of aromatic amines is 1. The fraction of sp³-hybridized carbons (Fsp3) is 0.0625. The number of hydrogen-bond acceptors (Lipinski definition) is 5. The van der Waals surface area contributed by atoms with Crippen LogP contribution in [0.1, 0.15) is 0 Å². The van der Waals surface area contributed by atoms with Crippen molar-refractivity contribution in [2.24, 2.45) is 0 Å². The third-order valence-electron chi connectivity index (χ3n) is 3.92. The highest BCUT2D eigenvalue weighted by molar-refractivity contribution is 6.01. The third-order valence-corrected chi connectivity index (χ3v) is 3.92. The van der Waals surface area contributed by atoms with Crippen LogP contribution >= 0.6 is 0 Å². The lowest BCUT2D eigenvalue weighted by Crippen LogP contribution is -2.13. The molecule has 4 aromatic rings. The lowest BCUT2D eigenvalue weighted by molar-refractivity contribution is 0.174. The summed E-state index contributed by atoms with van der Waals surface area (Å²) >= 11 is 0. The predicted molar refractivity (Wildman–Crippen MR) is 82.7 cm³/mol. The Balaban J connectivity index is 1.89. The average molecular weight is 306 g/mol. The fourth-order valence-corrected chi connectivity index (χ4v) is 2.85. The van der Waals surface area contributed by atoms with Gasteiger partial charge in [-0.1, -0.05) is 24.3 Å². The summed E-state index contributed by atoms with van der Waals surface area (Å²) in [5, 5.41) is 12.7. The first-order valence-corrected chi connectivity index (χ1v) is 7.07. The Morgan fingerprint density at radius 1 is 1.04 bits per heavy atom. The minimum atomic E-state index is -0.368. The molecule has 5 rings (SSSR count). The van der Waals surface area contributed by atoms with Gasteiger partial charge < -0.3 is 9.47 Å². The van der Waals surface area contributed by atoms with Crippen molar-refractivity contribution in [3.8, 4) is 22.8 Å². The average Bonchev–Trinajstić information content (AvgIpc) is 3.20. The molecular formula is C16H10N4O3. The second-order valence-corrected chi connectivity index (χ2v) is 5.23. The molecule has 0 spiro atoms. The van der Waals surface area contributed by atoms with Gasteiger partial charge >= 0.3 is 5.69 Å². The van der Waals surface area contributed by atoms with Crippen molar-refractivity contribution in [2.75, 3.05) is 6.79 Å². The van der Waals surface area contributed by atoms with Gasteiger partial charge in [-0.05, 0) is 18.2 Å². The third kappa shape index (κ3) is 1.67. The number of fused-ring (bicyclic) bond motifs is 4. The number of nitrogens with one attached hydrogen (secondary N) is 1. The van der Waals surface area contributed by atoms with Crippen molar-refractivity contribution >= 4 is 16.4 Å². The van der Waals surface area contributed by atoms with Crippen LogP contribution < -0.4 is 15.2 Å². The summed E-state index contributed by atoms with van der Waals surface area (Å²) in [6.07, 6.45) is 0. The molecule has 2 aromatic heterocycles. The largest absolute Gasteiger partial charge is 0.454 e. The zero-order valence-electron chi connectivity index (χ0n) is 11.8. The molecule has 3 heterocycles. The lowest BCUT2D eigenvalue weighted by atomic mass is 10.0.